The highest BCUT2D eigenvalue weighted by Crippen LogP contribution is 2.36. The van der Waals surface area contributed by atoms with Gasteiger partial charge in [0.05, 0.1) is 6.10 Å². The van der Waals surface area contributed by atoms with Crippen LogP contribution in [0.5, 0.6) is 0 Å². The molecule has 2 aromatic carbocycles. The lowest BCUT2D eigenvalue weighted by molar-refractivity contribution is -0.00000951. The second-order valence-electron chi connectivity index (χ2n) is 5.68. The number of aliphatic hydroxyl groups excluding tert-OH is 1. The van der Waals surface area contributed by atoms with Gasteiger partial charge in [-0.2, -0.15) is 0 Å². The molecule has 0 spiro atoms. The molecule has 2 N–H and O–H groups in total. The lowest BCUT2D eigenvalue weighted by atomic mass is 9.81. The molecule has 4 unspecified atom stereocenters. The van der Waals surface area contributed by atoms with Gasteiger partial charge in [0.15, 0.2) is 0 Å². The summed E-state index contributed by atoms with van der Waals surface area (Å²) >= 11 is 0. The average Bonchev–Trinajstić information content (AvgIpc) is 2.51. The predicted octanol–water partition coefficient (Wildman–Crippen LogP) is 0.463. The molecule has 1 aliphatic rings. The third kappa shape index (κ3) is 3.46. The minimum absolute atomic E-state index is 0. The Hall–Kier alpha value is -1.35. The number of benzene rings is 2. The SMILES string of the molecule is CC1C(O)CC(c2ccccc2)NC1c1ccccc1.[Cl-]. The van der Waals surface area contributed by atoms with Gasteiger partial charge >= 0.3 is 0 Å². The second-order valence-corrected chi connectivity index (χ2v) is 5.68. The van der Waals surface area contributed by atoms with Gasteiger partial charge in [-0.05, 0) is 17.5 Å². The number of rotatable bonds is 2. The zero-order chi connectivity index (χ0) is 13.9. The summed E-state index contributed by atoms with van der Waals surface area (Å²) < 4.78 is 0. The first-order valence-corrected chi connectivity index (χ1v) is 7.29. The number of piperidine rings is 1. The van der Waals surface area contributed by atoms with Crippen molar-refractivity contribution < 1.29 is 17.5 Å². The summed E-state index contributed by atoms with van der Waals surface area (Å²) in [6, 6.07) is 21.2. The van der Waals surface area contributed by atoms with Crippen molar-refractivity contribution in [1.82, 2.24) is 5.32 Å². The summed E-state index contributed by atoms with van der Waals surface area (Å²) in [5, 5.41) is 14.1. The molecule has 1 heterocycles. The van der Waals surface area contributed by atoms with Gasteiger partial charge in [-0.25, -0.2) is 0 Å². The Bertz CT molecular complexity index is 546. The molecular weight excluding hydrogens is 282 g/mol. The highest BCUT2D eigenvalue weighted by Gasteiger charge is 2.34. The monoisotopic (exact) mass is 302 g/mol. The van der Waals surface area contributed by atoms with E-state index in [1.54, 1.807) is 0 Å². The molecule has 0 aromatic heterocycles. The Kier molecular flexibility index (Phi) is 5.40. The molecule has 1 saturated heterocycles. The van der Waals surface area contributed by atoms with Crippen LogP contribution in [0.1, 0.15) is 36.6 Å². The number of hydrogen-bond acceptors (Lipinski definition) is 2. The fraction of sp³-hybridized carbons (Fsp3) is 0.333. The molecule has 0 bridgehead atoms. The van der Waals surface area contributed by atoms with E-state index in [-0.39, 0.29) is 36.5 Å². The molecule has 1 aliphatic heterocycles. The molecule has 3 heteroatoms. The zero-order valence-corrected chi connectivity index (χ0v) is 12.9. The molecule has 0 radical (unpaired) electrons. The van der Waals surface area contributed by atoms with E-state index in [4.69, 9.17) is 0 Å². The molecular formula is C18H21ClNO-. The van der Waals surface area contributed by atoms with E-state index in [1.165, 1.54) is 11.1 Å². The third-order valence-electron chi connectivity index (χ3n) is 4.35. The highest BCUT2D eigenvalue weighted by atomic mass is 35.5. The molecule has 1 fully saturated rings. The summed E-state index contributed by atoms with van der Waals surface area (Å²) in [6.45, 7) is 2.12. The van der Waals surface area contributed by atoms with Crippen molar-refractivity contribution in [2.75, 3.05) is 0 Å². The largest absolute Gasteiger partial charge is 1.00 e. The van der Waals surface area contributed by atoms with Crippen molar-refractivity contribution in [3.8, 4) is 0 Å². The van der Waals surface area contributed by atoms with Crippen molar-refractivity contribution in [3.63, 3.8) is 0 Å². The number of halogens is 1. The standard InChI is InChI=1S/C18H21NO.ClH/c1-13-17(20)12-16(14-8-4-2-5-9-14)19-18(13)15-10-6-3-7-11-15;/h2-11,13,16-20H,12H2,1H3;1H/p-1. The summed E-state index contributed by atoms with van der Waals surface area (Å²) in [5.41, 5.74) is 2.50. The molecule has 2 nitrogen and oxygen atoms in total. The summed E-state index contributed by atoms with van der Waals surface area (Å²) in [7, 11) is 0. The first-order valence-electron chi connectivity index (χ1n) is 7.29. The van der Waals surface area contributed by atoms with E-state index in [0.29, 0.717) is 0 Å². The van der Waals surface area contributed by atoms with Gasteiger partial charge in [0.1, 0.15) is 0 Å². The molecule has 112 valence electrons. The highest BCUT2D eigenvalue weighted by molar-refractivity contribution is 5.25. The Labute approximate surface area is 132 Å². The lowest BCUT2D eigenvalue weighted by Gasteiger charge is -2.39. The van der Waals surface area contributed by atoms with Gasteiger partial charge in [-0.1, -0.05) is 67.6 Å². The van der Waals surface area contributed by atoms with Crippen LogP contribution in [-0.4, -0.2) is 11.2 Å². The Morgan fingerprint density at radius 3 is 2.00 bits per heavy atom. The lowest BCUT2D eigenvalue weighted by Crippen LogP contribution is -3.00. The average molecular weight is 303 g/mol. The Morgan fingerprint density at radius 1 is 0.905 bits per heavy atom. The van der Waals surface area contributed by atoms with Crippen LogP contribution in [0, 0.1) is 5.92 Å². The van der Waals surface area contributed by atoms with Crippen LogP contribution < -0.4 is 17.7 Å². The second kappa shape index (κ2) is 7.08. The molecule has 0 saturated carbocycles. The maximum absolute atomic E-state index is 10.4. The minimum Gasteiger partial charge on any atom is -1.00 e. The predicted molar refractivity (Wildman–Crippen MR) is 81.3 cm³/mol. The van der Waals surface area contributed by atoms with Gasteiger partial charge < -0.3 is 22.8 Å². The van der Waals surface area contributed by atoms with Gasteiger partial charge in [0.2, 0.25) is 0 Å². The van der Waals surface area contributed by atoms with E-state index >= 15 is 0 Å². The quantitative estimate of drug-likeness (QED) is 0.845. The van der Waals surface area contributed by atoms with E-state index in [2.05, 4.69) is 60.8 Å². The summed E-state index contributed by atoms with van der Waals surface area (Å²) in [5.74, 6) is 0.220. The smallest absolute Gasteiger partial charge is 0.0602 e. The molecule has 0 aliphatic carbocycles. The van der Waals surface area contributed by atoms with Crippen molar-refractivity contribution in [2.45, 2.75) is 31.5 Å². The van der Waals surface area contributed by atoms with Gasteiger partial charge in [0, 0.05) is 18.0 Å². The van der Waals surface area contributed by atoms with Crippen LogP contribution >= 0.6 is 0 Å². The number of hydrogen-bond donors (Lipinski definition) is 2. The third-order valence-corrected chi connectivity index (χ3v) is 4.35. The molecule has 0 amide bonds. The maximum Gasteiger partial charge on any atom is 0.0602 e. The normalized spacial score (nSPS) is 28.7. The van der Waals surface area contributed by atoms with Crippen molar-refractivity contribution in [1.29, 1.82) is 0 Å². The van der Waals surface area contributed by atoms with Crippen LogP contribution in [0.15, 0.2) is 60.7 Å². The summed E-state index contributed by atoms with van der Waals surface area (Å²) in [6.07, 6.45) is 0.501. The maximum atomic E-state index is 10.4. The van der Waals surface area contributed by atoms with E-state index in [9.17, 15) is 5.11 Å². The molecule has 4 atom stereocenters. The first kappa shape index (κ1) is 16.0. The fourth-order valence-corrected chi connectivity index (χ4v) is 3.09. The topological polar surface area (TPSA) is 32.3 Å². The first-order chi connectivity index (χ1) is 9.75. The fourth-order valence-electron chi connectivity index (χ4n) is 3.09. The van der Waals surface area contributed by atoms with E-state index in [0.717, 1.165) is 6.42 Å². The van der Waals surface area contributed by atoms with Crippen molar-refractivity contribution in [3.05, 3.63) is 71.8 Å². The molecule has 21 heavy (non-hydrogen) atoms. The number of nitrogens with one attached hydrogen (secondary N) is 1. The Balaban J connectivity index is 0.00000161. The van der Waals surface area contributed by atoms with Crippen LogP contribution in [0.25, 0.3) is 0 Å². The molecule has 3 rings (SSSR count). The van der Waals surface area contributed by atoms with E-state index in [1.807, 2.05) is 12.1 Å². The van der Waals surface area contributed by atoms with Gasteiger partial charge in [-0.3, -0.25) is 0 Å². The van der Waals surface area contributed by atoms with Crippen LogP contribution in [0.3, 0.4) is 0 Å². The van der Waals surface area contributed by atoms with Crippen molar-refractivity contribution in [2.24, 2.45) is 5.92 Å². The number of aliphatic hydroxyl groups is 1. The van der Waals surface area contributed by atoms with Crippen molar-refractivity contribution >= 4 is 0 Å². The summed E-state index contributed by atoms with van der Waals surface area (Å²) in [4.78, 5) is 0. The van der Waals surface area contributed by atoms with Crippen LogP contribution in [0.2, 0.25) is 0 Å². The van der Waals surface area contributed by atoms with Gasteiger partial charge in [0.25, 0.3) is 0 Å². The zero-order valence-electron chi connectivity index (χ0n) is 12.1. The van der Waals surface area contributed by atoms with Gasteiger partial charge in [-0.15, -0.1) is 0 Å². The molecule has 2 aromatic rings. The van der Waals surface area contributed by atoms with Crippen LogP contribution in [-0.2, 0) is 0 Å². The Morgan fingerprint density at radius 2 is 1.43 bits per heavy atom. The van der Waals surface area contributed by atoms with Crippen LogP contribution in [0.4, 0.5) is 0 Å². The minimum atomic E-state index is -0.272. The van der Waals surface area contributed by atoms with E-state index < -0.39 is 0 Å².